The van der Waals surface area contributed by atoms with Crippen molar-refractivity contribution in [2.24, 2.45) is 17.8 Å². The molecule has 4 atom stereocenters. The van der Waals surface area contributed by atoms with Crippen LogP contribution >= 0.6 is 0 Å². The van der Waals surface area contributed by atoms with Gasteiger partial charge in [0.2, 0.25) is 0 Å². The number of hydrogen-bond donors (Lipinski definition) is 1. The number of ether oxygens (including phenoxy) is 1. The van der Waals surface area contributed by atoms with Crippen LogP contribution in [0.15, 0.2) is 0 Å². The molecular formula is C14H29BO2. The third-order valence-corrected chi connectivity index (χ3v) is 4.08. The molecule has 2 nitrogen and oxygen atoms in total. The van der Waals surface area contributed by atoms with Crippen LogP contribution in [-0.2, 0) is 4.74 Å². The topological polar surface area (TPSA) is 29.5 Å². The molecule has 1 rings (SSSR count). The number of aliphatic hydroxyl groups is 1. The fourth-order valence-corrected chi connectivity index (χ4v) is 2.68. The van der Waals surface area contributed by atoms with E-state index in [0.717, 1.165) is 5.92 Å². The summed E-state index contributed by atoms with van der Waals surface area (Å²) in [6, 6.07) is 0. The highest BCUT2D eigenvalue weighted by molar-refractivity contribution is 6.15. The Hall–Kier alpha value is -0.0151. The molecule has 0 aromatic heterocycles. The first kappa shape index (κ1) is 15.0. The number of rotatable bonds is 5. The second kappa shape index (κ2) is 6.24. The Morgan fingerprint density at radius 1 is 1.41 bits per heavy atom. The quantitative estimate of drug-likeness (QED) is 0.747. The van der Waals surface area contributed by atoms with Crippen LogP contribution in [0.1, 0.15) is 47.0 Å². The molecule has 1 saturated carbocycles. The van der Waals surface area contributed by atoms with Gasteiger partial charge >= 0.3 is 0 Å². The normalized spacial score (nSPS) is 33.6. The molecule has 0 saturated heterocycles. The van der Waals surface area contributed by atoms with Crippen molar-refractivity contribution in [2.45, 2.75) is 58.4 Å². The lowest BCUT2D eigenvalue weighted by Gasteiger charge is -2.38. The van der Waals surface area contributed by atoms with Crippen LogP contribution in [0.5, 0.6) is 0 Å². The molecule has 1 aliphatic carbocycles. The van der Waals surface area contributed by atoms with E-state index in [1.807, 2.05) is 0 Å². The third-order valence-electron chi connectivity index (χ3n) is 4.08. The van der Waals surface area contributed by atoms with Crippen LogP contribution in [-0.4, -0.2) is 32.3 Å². The maximum Gasteiger partial charge on any atom is 0.115 e. The molecule has 0 amide bonds. The predicted octanol–water partition coefficient (Wildman–Crippen LogP) is 2.27. The molecule has 1 fully saturated rings. The highest BCUT2D eigenvalue weighted by Crippen LogP contribution is 2.36. The van der Waals surface area contributed by atoms with Crippen LogP contribution in [0.3, 0.4) is 0 Å². The third kappa shape index (κ3) is 4.63. The predicted molar refractivity (Wildman–Crippen MR) is 75.1 cm³/mol. The minimum absolute atomic E-state index is 0.109. The van der Waals surface area contributed by atoms with Crippen LogP contribution in [0.2, 0.25) is 5.31 Å². The Morgan fingerprint density at radius 2 is 2.06 bits per heavy atom. The van der Waals surface area contributed by atoms with Crippen molar-refractivity contribution >= 4 is 7.85 Å². The van der Waals surface area contributed by atoms with E-state index >= 15 is 0 Å². The van der Waals surface area contributed by atoms with Gasteiger partial charge in [-0.2, -0.15) is 0 Å². The highest BCUT2D eigenvalue weighted by Gasteiger charge is 2.32. The molecule has 0 heterocycles. The second-order valence-corrected chi connectivity index (χ2v) is 7.00. The first-order chi connectivity index (χ1) is 7.85. The van der Waals surface area contributed by atoms with Gasteiger partial charge in [-0.1, -0.05) is 34.1 Å². The maximum atomic E-state index is 9.27. The minimum atomic E-state index is -0.109. The van der Waals surface area contributed by atoms with Crippen LogP contribution in [0, 0.1) is 17.8 Å². The van der Waals surface area contributed by atoms with E-state index < -0.39 is 0 Å². The molecule has 1 aliphatic rings. The molecule has 1 N–H and O–H groups in total. The molecule has 0 radical (unpaired) electrons. The van der Waals surface area contributed by atoms with Crippen LogP contribution in [0.4, 0.5) is 0 Å². The smallest absolute Gasteiger partial charge is 0.115 e. The van der Waals surface area contributed by atoms with Gasteiger partial charge in [0.25, 0.3) is 0 Å². The van der Waals surface area contributed by atoms with Gasteiger partial charge < -0.3 is 9.84 Å². The van der Waals surface area contributed by atoms with E-state index in [2.05, 4.69) is 35.5 Å². The SMILES string of the molecule is BC(C)(CO)COC1CC(C)CCC1C(C)C. The van der Waals surface area contributed by atoms with E-state index in [9.17, 15) is 5.11 Å². The van der Waals surface area contributed by atoms with Crippen molar-refractivity contribution in [1.29, 1.82) is 0 Å². The highest BCUT2D eigenvalue weighted by atomic mass is 16.5. The monoisotopic (exact) mass is 240 g/mol. The Balaban J connectivity index is 2.52. The first-order valence-corrected chi connectivity index (χ1v) is 7.08. The van der Waals surface area contributed by atoms with Gasteiger partial charge in [-0.05, 0) is 35.9 Å². The largest absolute Gasteiger partial charge is 0.396 e. The zero-order valence-corrected chi connectivity index (χ0v) is 12.2. The second-order valence-electron chi connectivity index (χ2n) is 7.00. The summed E-state index contributed by atoms with van der Waals surface area (Å²) < 4.78 is 6.12. The van der Waals surface area contributed by atoms with Crippen molar-refractivity contribution in [3.8, 4) is 0 Å². The Labute approximate surface area is 108 Å². The fraction of sp³-hybridized carbons (Fsp3) is 1.00. The van der Waals surface area contributed by atoms with E-state index in [0.29, 0.717) is 24.5 Å². The summed E-state index contributed by atoms with van der Waals surface area (Å²) in [6.45, 7) is 9.85. The summed E-state index contributed by atoms with van der Waals surface area (Å²) in [6.07, 6.45) is 4.21. The number of aliphatic hydroxyl groups excluding tert-OH is 1. The average Bonchev–Trinajstić information content (AvgIpc) is 2.26. The first-order valence-electron chi connectivity index (χ1n) is 7.08. The number of hydrogen-bond acceptors (Lipinski definition) is 2. The van der Waals surface area contributed by atoms with E-state index in [1.165, 1.54) is 19.3 Å². The van der Waals surface area contributed by atoms with Crippen molar-refractivity contribution < 1.29 is 9.84 Å². The molecular weight excluding hydrogens is 211 g/mol. The zero-order valence-electron chi connectivity index (χ0n) is 12.2. The molecule has 3 heteroatoms. The Morgan fingerprint density at radius 3 is 2.59 bits per heavy atom. The van der Waals surface area contributed by atoms with Crippen molar-refractivity contribution in [3.63, 3.8) is 0 Å². The summed E-state index contributed by atoms with van der Waals surface area (Å²) in [5, 5.41) is 9.16. The summed E-state index contributed by atoms with van der Waals surface area (Å²) in [4.78, 5) is 0. The minimum Gasteiger partial charge on any atom is -0.396 e. The van der Waals surface area contributed by atoms with E-state index in [1.54, 1.807) is 0 Å². The molecule has 0 aromatic rings. The van der Waals surface area contributed by atoms with Crippen molar-refractivity contribution in [3.05, 3.63) is 0 Å². The molecule has 0 spiro atoms. The lowest BCUT2D eigenvalue weighted by atomic mass is 9.71. The molecule has 17 heavy (non-hydrogen) atoms. The Bertz CT molecular complexity index is 228. The van der Waals surface area contributed by atoms with Gasteiger partial charge in [-0.15, -0.1) is 0 Å². The van der Waals surface area contributed by atoms with Gasteiger partial charge in [0.05, 0.1) is 6.10 Å². The maximum absolute atomic E-state index is 9.27. The van der Waals surface area contributed by atoms with Gasteiger partial charge in [0, 0.05) is 13.2 Å². The molecule has 0 bridgehead atoms. The van der Waals surface area contributed by atoms with Gasteiger partial charge in [0.15, 0.2) is 0 Å². The van der Waals surface area contributed by atoms with Crippen LogP contribution < -0.4 is 0 Å². The van der Waals surface area contributed by atoms with Crippen molar-refractivity contribution in [2.75, 3.05) is 13.2 Å². The summed E-state index contributed by atoms with van der Waals surface area (Å²) in [5.41, 5.74) is 0. The summed E-state index contributed by atoms with van der Waals surface area (Å²) in [5.74, 6) is 2.18. The zero-order chi connectivity index (χ0) is 13.1. The standard InChI is InChI=1S/C14H29BO2/c1-10(2)12-6-5-11(3)7-13(12)17-9-14(4,15)8-16/h10-13,16H,5-9,15H2,1-4H3. The lowest BCUT2D eigenvalue weighted by molar-refractivity contribution is -0.0513. The van der Waals surface area contributed by atoms with Gasteiger partial charge in [-0.3, -0.25) is 0 Å². The molecule has 0 aliphatic heterocycles. The fourth-order valence-electron chi connectivity index (χ4n) is 2.68. The lowest BCUT2D eigenvalue weighted by Crippen LogP contribution is -2.36. The summed E-state index contributed by atoms with van der Waals surface area (Å²) >= 11 is 0. The molecule has 4 unspecified atom stereocenters. The van der Waals surface area contributed by atoms with Gasteiger partial charge in [-0.25, -0.2) is 0 Å². The average molecular weight is 240 g/mol. The van der Waals surface area contributed by atoms with E-state index in [4.69, 9.17) is 4.74 Å². The Kier molecular flexibility index (Phi) is 5.52. The molecule has 0 aromatic carbocycles. The van der Waals surface area contributed by atoms with Crippen LogP contribution in [0.25, 0.3) is 0 Å². The summed E-state index contributed by atoms with van der Waals surface area (Å²) in [7, 11) is 2.06. The van der Waals surface area contributed by atoms with Crippen molar-refractivity contribution in [1.82, 2.24) is 0 Å². The van der Waals surface area contributed by atoms with Gasteiger partial charge in [0.1, 0.15) is 7.85 Å². The van der Waals surface area contributed by atoms with E-state index in [-0.39, 0.29) is 11.9 Å². The molecule has 100 valence electrons.